The highest BCUT2D eigenvalue weighted by Gasteiger charge is 2.25. The number of carbonyl (C=O) groups is 1. The first-order valence-corrected chi connectivity index (χ1v) is 7.62. The monoisotopic (exact) mass is 328 g/mol. The van der Waals surface area contributed by atoms with E-state index in [1.54, 1.807) is 40.8 Å². The number of amides is 2. The average molecular weight is 328 g/mol. The zero-order valence-corrected chi connectivity index (χ0v) is 13.0. The van der Waals surface area contributed by atoms with Gasteiger partial charge in [-0.3, -0.25) is 5.32 Å². The van der Waals surface area contributed by atoms with Gasteiger partial charge in [-0.15, -0.1) is 5.10 Å². The zero-order valence-electron chi connectivity index (χ0n) is 13.0. The standard InChI is InChI=1S/C15H16N6O3/c1-9-16-13-7-12(18-15(23)20-5-4-10(22)8-20)17-14(21(13)19-9)11-3-2-6-24-11/h2-3,6-7,10,22H,4-5,8H2,1H3,(H,18,23)/t10-/m0/s1. The van der Waals surface area contributed by atoms with E-state index in [0.717, 1.165) is 0 Å². The second kappa shape index (κ2) is 5.60. The second-order valence-corrected chi connectivity index (χ2v) is 5.69. The van der Waals surface area contributed by atoms with Crippen molar-refractivity contribution in [2.24, 2.45) is 0 Å². The number of nitrogens with zero attached hydrogens (tertiary/aromatic N) is 5. The number of aliphatic hydroxyl groups is 1. The summed E-state index contributed by atoms with van der Waals surface area (Å²) in [5.41, 5.74) is 0.561. The van der Waals surface area contributed by atoms with Gasteiger partial charge in [0.25, 0.3) is 0 Å². The minimum atomic E-state index is -0.469. The molecule has 4 rings (SSSR count). The Kier molecular flexibility index (Phi) is 3.42. The van der Waals surface area contributed by atoms with Gasteiger partial charge >= 0.3 is 6.03 Å². The summed E-state index contributed by atoms with van der Waals surface area (Å²) in [6, 6.07) is 4.87. The third kappa shape index (κ3) is 2.58. The number of likely N-dealkylation sites (tertiary alicyclic amines) is 1. The number of anilines is 1. The van der Waals surface area contributed by atoms with E-state index in [-0.39, 0.29) is 6.03 Å². The van der Waals surface area contributed by atoms with Gasteiger partial charge in [-0.25, -0.2) is 14.8 Å². The highest BCUT2D eigenvalue weighted by Crippen LogP contribution is 2.22. The number of urea groups is 1. The van der Waals surface area contributed by atoms with Crippen LogP contribution in [0.4, 0.5) is 10.6 Å². The van der Waals surface area contributed by atoms with Crippen molar-refractivity contribution in [3.8, 4) is 11.6 Å². The van der Waals surface area contributed by atoms with Crippen LogP contribution in [0, 0.1) is 6.92 Å². The number of rotatable bonds is 2. The van der Waals surface area contributed by atoms with E-state index in [9.17, 15) is 9.90 Å². The number of β-amino-alcohol motifs (C(OH)–C–C–N with tert-alkyl or cyclic N) is 1. The Balaban J connectivity index is 1.70. The Morgan fingerprint density at radius 2 is 2.33 bits per heavy atom. The van der Waals surface area contributed by atoms with Crippen LogP contribution < -0.4 is 5.32 Å². The molecule has 0 aromatic carbocycles. The summed E-state index contributed by atoms with van der Waals surface area (Å²) in [7, 11) is 0. The van der Waals surface area contributed by atoms with Gasteiger partial charge in [-0.05, 0) is 25.5 Å². The molecular formula is C15H16N6O3. The number of furan rings is 1. The molecule has 1 aliphatic heterocycles. The molecule has 1 fully saturated rings. The quantitative estimate of drug-likeness (QED) is 0.734. The lowest BCUT2D eigenvalue weighted by Gasteiger charge is -2.16. The molecule has 2 amide bonds. The molecule has 124 valence electrons. The highest BCUT2D eigenvalue weighted by molar-refractivity contribution is 5.89. The summed E-state index contributed by atoms with van der Waals surface area (Å²) in [5, 5.41) is 16.6. The fourth-order valence-corrected chi connectivity index (χ4v) is 2.74. The lowest BCUT2D eigenvalue weighted by Crippen LogP contribution is -2.33. The van der Waals surface area contributed by atoms with Gasteiger partial charge in [0.05, 0.1) is 12.4 Å². The van der Waals surface area contributed by atoms with E-state index in [0.29, 0.717) is 48.4 Å². The van der Waals surface area contributed by atoms with Gasteiger partial charge in [0.15, 0.2) is 11.4 Å². The fourth-order valence-electron chi connectivity index (χ4n) is 2.74. The van der Waals surface area contributed by atoms with Crippen LogP contribution >= 0.6 is 0 Å². The first-order chi connectivity index (χ1) is 11.6. The van der Waals surface area contributed by atoms with Gasteiger partial charge in [0, 0.05) is 19.2 Å². The van der Waals surface area contributed by atoms with Crippen molar-refractivity contribution in [3.63, 3.8) is 0 Å². The number of aliphatic hydroxyl groups excluding tert-OH is 1. The summed E-state index contributed by atoms with van der Waals surface area (Å²) in [6.45, 7) is 2.62. The van der Waals surface area contributed by atoms with Crippen LogP contribution in [-0.2, 0) is 0 Å². The van der Waals surface area contributed by atoms with Crippen LogP contribution in [0.15, 0.2) is 28.9 Å². The summed E-state index contributed by atoms with van der Waals surface area (Å²) >= 11 is 0. The van der Waals surface area contributed by atoms with E-state index < -0.39 is 6.10 Å². The molecule has 1 aliphatic rings. The minimum Gasteiger partial charge on any atom is -0.461 e. The molecule has 9 nitrogen and oxygen atoms in total. The normalized spacial score (nSPS) is 17.6. The Morgan fingerprint density at radius 1 is 1.46 bits per heavy atom. The predicted molar refractivity (Wildman–Crippen MR) is 84.4 cm³/mol. The molecule has 3 aromatic rings. The smallest absolute Gasteiger partial charge is 0.323 e. The van der Waals surface area contributed by atoms with E-state index in [1.165, 1.54) is 0 Å². The van der Waals surface area contributed by atoms with Gasteiger partial charge in [0.1, 0.15) is 11.6 Å². The van der Waals surface area contributed by atoms with Crippen molar-refractivity contribution in [2.45, 2.75) is 19.4 Å². The Labute approximate surface area is 136 Å². The van der Waals surface area contributed by atoms with Crippen LogP contribution in [0.3, 0.4) is 0 Å². The third-order valence-corrected chi connectivity index (χ3v) is 3.86. The molecule has 3 aromatic heterocycles. The number of hydrogen-bond acceptors (Lipinski definition) is 6. The number of carbonyl (C=O) groups excluding carboxylic acids is 1. The van der Waals surface area contributed by atoms with Crippen molar-refractivity contribution in [3.05, 3.63) is 30.3 Å². The maximum absolute atomic E-state index is 12.3. The molecule has 1 saturated heterocycles. The molecule has 0 unspecified atom stereocenters. The maximum Gasteiger partial charge on any atom is 0.323 e. The average Bonchev–Trinajstić information content (AvgIpc) is 3.25. The van der Waals surface area contributed by atoms with E-state index >= 15 is 0 Å². The summed E-state index contributed by atoms with van der Waals surface area (Å²) < 4.78 is 6.98. The molecule has 0 saturated carbocycles. The van der Waals surface area contributed by atoms with Crippen molar-refractivity contribution in [2.75, 3.05) is 18.4 Å². The molecule has 1 atom stereocenters. The van der Waals surface area contributed by atoms with Crippen LogP contribution in [0.1, 0.15) is 12.2 Å². The lowest BCUT2D eigenvalue weighted by atomic mass is 10.3. The molecule has 2 N–H and O–H groups in total. The first kappa shape index (κ1) is 14.6. The summed E-state index contributed by atoms with van der Waals surface area (Å²) in [5.74, 6) is 1.93. The Bertz CT molecular complexity index is 888. The van der Waals surface area contributed by atoms with Crippen LogP contribution in [-0.4, -0.2) is 54.8 Å². The Hall–Kier alpha value is -2.94. The molecule has 0 radical (unpaired) electrons. The molecule has 24 heavy (non-hydrogen) atoms. The van der Waals surface area contributed by atoms with Crippen LogP contribution in [0.2, 0.25) is 0 Å². The lowest BCUT2D eigenvalue weighted by molar-refractivity contribution is 0.176. The van der Waals surface area contributed by atoms with E-state index in [1.807, 2.05) is 0 Å². The SMILES string of the molecule is Cc1nc2cc(NC(=O)N3CC[C@H](O)C3)nc(-c3ccco3)n2n1. The van der Waals surface area contributed by atoms with Gasteiger partial charge in [0.2, 0.25) is 5.82 Å². The molecule has 0 spiro atoms. The second-order valence-electron chi connectivity index (χ2n) is 5.69. The summed E-state index contributed by atoms with van der Waals surface area (Å²) in [6.07, 6.45) is 1.66. The topological polar surface area (TPSA) is 109 Å². The molecule has 9 heteroatoms. The number of nitrogens with one attached hydrogen (secondary N) is 1. The van der Waals surface area contributed by atoms with Crippen molar-refractivity contribution < 1.29 is 14.3 Å². The highest BCUT2D eigenvalue weighted by atomic mass is 16.3. The van der Waals surface area contributed by atoms with Crippen molar-refractivity contribution in [1.29, 1.82) is 0 Å². The first-order valence-electron chi connectivity index (χ1n) is 7.62. The Morgan fingerprint density at radius 3 is 3.04 bits per heavy atom. The number of hydrogen-bond donors (Lipinski definition) is 2. The number of aryl methyl sites for hydroxylation is 1. The number of fused-ring (bicyclic) bond motifs is 1. The van der Waals surface area contributed by atoms with E-state index in [2.05, 4.69) is 20.4 Å². The van der Waals surface area contributed by atoms with Gasteiger partial charge < -0.3 is 14.4 Å². The number of aromatic nitrogens is 4. The minimum absolute atomic E-state index is 0.301. The van der Waals surface area contributed by atoms with Crippen molar-refractivity contribution in [1.82, 2.24) is 24.5 Å². The largest absolute Gasteiger partial charge is 0.461 e. The molecular weight excluding hydrogens is 312 g/mol. The predicted octanol–water partition coefficient (Wildman–Crippen LogP) is 1.29. The van der Waals surface area contributed by atoms with Gasteiger partial charge in [-0.2, -0.15) is 4.52 Å². The summed E-state index contributed by atoms with van der Waals surface area (Å²) in [4.78, 5) is 22.6. The van der Waals surface area contributed by atoms with Gasteiger partial charge in [-0.1, -0.05) is 0 Å². The van der Waals surface area contributed by atoms with Crippen LogP contribution in [0.25, 0.3) is 17.2 Å². The zero-order chi connectivity index (χ0) is 16.7. The third-order valence-electron chi connectivity index (χ3n) is 3.86. The molecule has 0 aliphatic carbocycles. The molecule has 4 heterocycles. The van der Waals surface area contributed by atoms with E-state index in [4.69, 9.17) is 4.42 Å². The fraction of sp³-hybridized carbons (Fsp3) is 0.333. The van der Waals surface area contributed by atoms with Crippen LogP contribution in [0.5, 0.6) is 0 Å². The van der Waals surface area contributed by atoms with Crippen molar-refractivity contribution >= 4 is 17.5 Å². The maximum atomic E-state index is 12.3. The molecule has 0 bridgehead atoms.